The van der Waals surface area contributed by atoms with Crippen LogP contribution in [0.15, 0.2) is 24.3 Å². The van der Waals surface area contributed by atoms with Crippen LogP contribution < -0.4 is 10.5 Å². The summed E-state index contributed by atoms with van der Waals surface area (Å²) in [4.78, 5) is 2.39. The molecule has 1 aromatic rings. The van der Waals surface area contributed by atoms with Crippen LogP contribution in [0.5, 0.6) is 5.75 Å². The minimum atomic E-state index is 0.0782. The highest BCUT2D eigenvalue weighted by Crippen LogP contribution is 2.24. The van der Waals surface area contributed by atoms with Crippen molar-refractivity contribution in [2.75, 3.05) is 27.2 Å². The van der Waals surface area contributed by atoms with Crippen LogP contribution in [-0.2, 0) is 0 Å². The van der Waals surface area contributed by atoms with Crippen molar-refractivity contribution in [2.24, 2.45) is 11.7 Å². The van der Waals surface area contributed by atoms with E-state index in [1.807, 2.05) is 12.1 Å². The van der Waals surface area contributed by atoms with Gasteiger partial charge >= 0.3 is 0 Å². The van der Waals surface area contributed by atoms with E-state index in [4.69, 9.17) is 10.5 Å². The highest BCUT2D eigenvalue weighted by molar-refractivity contribution is 5.29. The zero-order valence-electron chi connectivity index (χ0n) is 12.8. The fourth-order valence-electron chi connectivity index (χ4n) is 3.18. The molecule has 0 amide bonds. The summed E-state index contributed by atoms with van der Waals surface area (Å²) in [7, 11) is 3.88. The first-order valence-corrected chi connectivity index (χ1v) is 7.77. The van der Waals surface area contributed by atoms with E-state index in [0.29, 0.717) is 0 Å². The minimum absolute atomic E-state index is 0.0782. The van der Waals surface area contributed by atoms with Crippen molar-refractivity contribution in [3.05, 3.63) is 29.8 Å². The number of likely N-dealkylation sites (N-methyl/N-ethyl adjacent to an activating group) is 1. The summed E-state index contributed by atoms with van der Waals surface area (Å²) in [6.45, 7) is 2.10. The molecule has 1 aromatic carbocycles. The molecular weight excluding hydrogens is 248 g/mol. The summed E-state index contributed by atoms with van der Waals surface area (Å²) in [5.74, 6) is 1.76. The van der Waals surface area contributed by atoms with E-state index in [9.17, 15) is 0 Å². The topological polar surface area (TPSA) is 38.5 Å². The number of hydrogen-bond acceptors (Lipinski definition) is 3. The number of benzene rings is 1. The molecule has 1 unspecified atom stereocenters. The van der Waals surface area contributed by atoms with Gasteiger partial charge in [-0.3, -0.25) is 0 Å². The fourth-order valence-corrected chi connectivity index (χ4v) is 3.18. The Morgan fingerprint density at radius 3 is 2.45 bits per heavy atom. The summed E-state index contributed by atoms with van der Waals surface area (Å²) >= 11 is 0. The average molecular weight is 276 g/mol. The molecule has 1 aliphatic carbocycles. The van der Waals surface area contributed by atoms with Crippen LogP contribution in [0.25, 0.3) is 0 Å². The lowest BCUT2D eigenvalue weighted by Gasteiger charge is -2.28. The Bertz CT molecular complexity index is 384. The Morgan fingerprint density at radius 2 is 1.85 bits per heavy atom. The highest BCUT2D eigenvalue weighted by Gasteiger charge is 2.17. The van der Waals surface area contributed by atoms with Crippen molar-refractivity contribution in [2.45, 2.75) is 38.1 Å². The Hall–Kier alpha value is -1.06. The van der Waals surface area contributed by atoms with Gasteiger partial charge in [0.05, 0.1) is 7.11 Å². The SMILES string of the molecule is COc1ccc(C(N)CN(C)CC2CCCCC2)cc1. The van der Waals surface area contributed by atoms with Crippen molar-refractivity contribution in [3.63, 3.8) is 0 Å². The molecule has 0 bridgehead atoms. The Kier molecular flexibility index (Phi) is 5.86. The van der Waals surface area contributed by atoms with Crippen molar-refractivity contribution < 1.29 is 4.74 Å². The maximum Gasteiger partial charge on any atom is 0.118 e. The molecule has 2 rings (SSSR count). The lowest BCUT2D eigenvalue weighted by molar-refractivity contribution is 0.224. The van der Waals surface area contributed by atoms with Crippen LogP contribution in [0.4, 0.5) is 0 Å². The predicted molar refractivity (Wildman–Crippen MR) is 84.0 cm³/mol. The Balaban J connectivity index is 1.81. The van der Waals surface area contributed by atoms with Crippen LogP contribution >= 0.6 is 0 Å². The molecule has 1 fully saturated rings. The molecule has 112 valence electrons. The maximum atomic E-state index is 6.31. The normalized spacial score (nSPS) is 18.2. The minimum Gasteiger partial charge on any atom is -0.497 e. The van der Waals surface area contributed by atoms with Gasteiger partial charge in [0, 0.05) is 19.1 Å². The largest absolute Gasteiger partial charge is 0.497 e. The van der Waals surface area contributed by atoms with E-state index in [2.05, 4.69) is 24.1 Å². The first-order valence-electron chi connectivity index (χ1n) is 7.77. The summed E-state index contributed by atoms with van der Waals surface area (Å²) in [5.41, 5.74) is 7.49. The maximum absolute atomic E-state index is 6.31. The third-order valence-corrected chi connectivity index (χ3v) is 4.35. The van der Waals surface area contributed by atoms with E-state index in [0.717, 1.165) is 18.2 Å². The van der Waals surface area contributed by atoms with Gasteiger partial charge in [-0.05, 0) is 43.5 Å². The zero-order valence-corrected chi connectivity index (χ0v) is 12.8. The van der Waals surface area contributed by atoms with E-state index in [1.165, 1.54) is 44.2 Å². The van der Waals surface area contributed by atoms with Gasteiger partial charge < -0.3 is 15.4 Å². The third kappa shape index (κ3) is 4.50. The van der Waals surface area contributed by atoms with E-state index < -0.39 is 0 Å². The van der Waals surface area contributed by atoms with Gasteiger partial charge in [0.25, 0.3) is 0 Å². The predicted octanol–water partition coefficient (Wildman–Crippen LogP) is 3.21. The van der Waals surface area contributed by atoms with E-state index in [-0.39, 0.29) is 6.04 Å². The molecule has 0 spiro atoms. The molecule has 3 nitrogen and oxygen atoms in total. The molecular formula is C17H28N2O. The van der Waals surface area contributed by atoms with Crippen molar-refractivity contribution >= 4 is 0 Å². The van der Waals surface area contributed by atoms with Gasteiger partial charge in [-0.15, -0.1) is 0 Å². The lowest BCUT2D eigenvalue weighted by Crippen LogP contribution is -2.33. The second-order valence-electron chi connectivity index (χ2n) is 6.10. The molecule has 0 heterocycles. The molecule has 1 atom stereocenters. The summed E-state index contributed by atoms with van der Waals surface area (Å²) < 4.78 is 5.18. The molecule has 3 heteroatoms. The van der Waals surface area contributed by atoms with Crippen molar-refractivity contribution in [3.8, 4) is 5.75 Å². The highest BCUT2D eigenvalue weighted by atomic mass is 16.5. The molecule has 2 N–H and O–H groups in total. The number of ether oxygens (including phenoxy) is 1. The van der Waals surface area contributed by atoms with Crippen LogP contribution in [0, 0.1) is 5.92 Å². The second kappa shape index (κ2) is 7.65. The van der Waals surface area contributed by atoms with Crippen molar-refractivity contribution in [1.29, 1.82) is 0 Å². The number of methoxy groups -OCH3 is 1. The smallest absolute Gasteiger partial charge is 0.118 e. The molecule has 0 saturated heterocycles. The number of rotatable bonds is 6. The van der Waals surface area contributed by atoms with Crippen LogP contribution in [0.1, 0.15) is 43.7 Å². The van der Waals surface area contributed by atoms with Gasteiger partial charge in [0.1, 0.15) is 5.75 Å². The first-order chi connectivity index (χ1) is 9.69. The third-order valence-electron chi connectivity index (χ3n) is 4.35. The van der Waals surface area contributed by atoms with E-state index in [1.54, 1.807) is 7.11 Å². The molecule has 0 aliphatic heterocycles. The second-order valence-corrected chi connectivity index (χ2v) is 6.10. The number of hydrogen-bond donors (Lipinski definition) is 1. The first kappa shape index (κ1) is 15.3. The van der Waals surface area contributed by atoms with Gasteiger partial charge in [-0.1, -0.05) is 31.4 Å². The van der Waals surface area contributed by atoms with Gasteiger partial charge in [0.2, 0.25) is 0 Å². The Morgan fingerprint density at radius 1 is 1.20 bits per heavy atom. The van der Waals surface area contributed by atoms with Crippen LogP contribution in [0.3, 0.4) is 0 Å². The van der Waals surface area contributed by atoms with Gasteiger partial charge in [0.15, 0.2) is 0 Å². The molecule has 0 radical (unpaired) electrons. The molecule has 0 aromatic heterocycles. The van der Waals surface area contributed by atoms with Crippen LogP contribution in [0.2, 0.25) is 0 Å². The summed E-state index contributed by atoms with van der Waals surface area (Å²) in [5, 5.41) is 0. The van der Waals surface area contributed by atoms with Crippen molar-refractivity contribution in [1.82, 2.24) is 4.90 Å². The number of nitrogens with zero attached hydrogens (tertiary/aromatic N) is 1. The fraction of sp³-hybridized carbons (Fsp3) is 0.647. The standard InChI is InChI=1S/C17H28N2O/c1-19(12-14-6-4-3-5-7-14)13-17(18)15-8-10-16(20-2)11-9-15/h8-11,14,17H,3-7,12-13,18H2,1-2H3. The zero-order chi connectivity index (χ0) is 14.4. The molecule has 1 aliphatic rings. The van der Waals surface area contributed by atoms with Gasteiger partial charge in [-0.25, -0.2) is 0 Å². The lowest BCUT2D eigenvalue weighted by atomic mass is 9.89. The number of nitrogens with two attached hydrogens (primary N) is 1. The average Bonchev–Trinajstić information content (AvgIpc) is 2.48. The summed E-state index contributed by atoms with van der Waals surface area (Å²) in [6.07, 6.45) is 7.02. The van der Waals surface area contributed by atoms with E-state index >= 15 is 0 Å². The Labute approximate surface area is 123 Å². The molecule has 1 saturated carbocycles. The van der Waals surface area contributed by atoms with Crippen LogP contribution in [-0.4, -0.2) is 32.1 Å². The van der Waals surface area contributed by atoms with Gasteiger partial charge in [-0.2, -0.15) is 0 Å². The monoisotopic (exact) mass is 276 g/mol. The quantitative estimate of drug-likeness (QED) is 0.867. The molecule has 20 heavy (non-hydrogen) atoms. The summed E-state index contributed by atoms with van der Waals surface area (Å²) in [6, 6.07) is 8.18.